The van der Waals surface area contributed by atoms with Crippen LogP contribution in [0.15, 0.2) is 54.6 Å². The van der Waals surface area contributed by atoms with Gasteiger partial charge in [0.15, 0.2) is 0 Å². The minimum absolute atomic E-state index is 0.413. The molecule has 2 nitrogen and oxygen atoms in total. The Morgan fingerprint density at radius 1 is 0.792 bits per heavy atom. The summed E-state index contributed by atoms with van der Waals surface area (Å²) in [6, 6.07) is 18.7. The van der Waals surface area contributed by atoms with E-state index in [4.69, 9.17) is 0 Å². The van der Waals surface area contributed by atoms with E-state index in [0.717, 1.165) is 25.2 Å². The van der Waals surface area contributed by atoms with Crippen LogP contribution < -0.4 is 0 Å². The van der Waals surface area contributed by atoms with Gasteiger partial charge in [0.1, 0.15) is 0 Å². The highest BCUT2D eigenvalue weighted by atomic mass is 16.3. The summed E-state index contributed by atoms with van der Waals surface area (Å²) < 4.78 is 0. The van der Waals surface area contributed by atoms with Crippen molar-refractivity contribution in [2.24, 2.45) is 0 Å². The monoisotopic (exact) mass is 325 g/mol. The summed E-state index contributed by atoms with van der Waals surface area (Å²) >= 11 is 0. The van der Waals surface area contributed by atoms with E-state index in [0.29, 0.717) is 0 Å². The Bertz CT molecular complexity index is 556. The Labute approximate surface area is 147 Å². The quantitative estimate of drug-likeness (QED) is 0.641. The van der Waals surface area contributed by atoms with Crippen LogP contribution in [-0.4, -0.2) is 29.6 Å². The zero-order valence-corrected chi connectivity index (χ0v) is 15.1. The number of nitrogens with zero attached hydrogens (tertiary/aromatic N) is 1. The molecule has 0 amide bonds. The molecule has 0 aliphatic carbocycles. The highest BCUT2D eigenvalue weighted by Crippen LogP contribution is 2.22. The molecule has 0 aliphatic rings. The highest BCUT2D eigenvalue weighted by molar-refractivity contribution is 5.63. The predicted octanol–water partition coefficient (Wildman–Crippen LogP) is 5.29. The molecule has 0 fully saturated rings. The molecule has 2 heteroatoms. The van der Waals surface area contributed by atoms with Crippen LogP contribution in [0.3, 0.4) is 0 Å². The molecule has 1 unspecified atom stereocenters. The molecule has 0 saturated carbocycles. The van der Waals surface area contributed by atoms with Crippen molar-refractivity contribution in [3.05, 3.63) is 60.2 Å². The molecule has 2 aromatic rings. The van der Waals surface area contributed by atoms with Crippen LogP contribution >= 0.6 is 0 Å². The molecule has 0 bridgehead atoms. The number of benzene rings is 2. The predicted molar refractivity (Wildman–Crippen MR) is 103 cm³/mol. The SMILES string of the molecule is CCCCN(CCCC)CC(O)c1ccc(-c2ccccc2)cc1. The first-order valence-electron chi connectivity index (χ1n) is 9.30. The van der Waals surface area contributed by atoms with Crippen molar-refractivity contribution in [1.29, 1.82) is 0 Å². The molecule has 0 spiro atoms. The van der Waals surface area contributed by atoms with Crippen molar-refractivity contribution >= 4 is 0 Å². The van der Waals surface area contributed by atoms with Crippen LogP contribution in [0.4, 0.5) is 0 Å². The van der Waals surface area contributed by atoms with Crippen molar-refractivity contribution in [1.82, 2.24) is 4.90 Å². The van der Waals surface area contributed by atoms with Crippen molar-refractivity contribution in [2.75, 3.05) is 19.6 Å². The molecule has 2 rings (SSSR count). The fourth-order valence-corrected chi connectivity index (χ4v) is 2.94. The third-order valence-electron chi connectivity index (χ3n) is 4.49. The molecular formula is C22H31NO. The van der Waals surface area contributed by atoms with E-state index in [1.165, 1.54) is 36.8 Å². The van der Waals surface area contributed by atoms with Gasteiger partial charge in [-0.1, -0.05) is 81.3 Å². The van der Waals surface area contributed by atoms with Gasteiger partial charge in [-0.3, -0.25) is 0 Å². The Morgan fingerprint density at radius 3 is 1.88 bits per heavy atom. The van der Waals surface area contributed by atoms with Gasteiger partial charge in [-0.2, -0.15) is 0 Å². The Kier molecular flexibility index (Phi) is 8.00. The highest BCUT2D eigenvalue weighted by Gasteiger charge is 2.13. The van der Waals surface area contributed by atoms with Gasteiger partial charge in [-0.25, -0.2) is 0 Å². The number of unbranched alkanes of at least 4 members (excludes halogenated alkanes) is 2. The number of aliphatic hydroxyl groups excluding tert-OH is 1. The average molecular weight is 325 g/mol. The average Bonchev–Trinajstić information content (AvgIpc) is 2.64. The molecular weight excluding hydrogens is 294 g/mol. The van der Waals surface area contributed by atoms with Crippen LogP contribution in [0, 0.1) is 0 Å². The van der Waals surface area contributed by atoms with Gasteiger partial charge in [-0.15, -0.1) is 0 Å². The summed E-state index contributed by atoms with van der Waals surface area (Å²) in [5, 5.41) is 10.6. The summed E-state index contributed by atoms with van der Waals surface area (Å²) in [6.45, 7) is 7.32. The van der Waals surface area contributed by atoms with Crippen molar-refractivity contribution < 1.29 is 5.11 Å². The van der Waals surface area contributed by atoms with E-state index in [1.54, 1.807) is 0 Å². The van der Waals surface area contributed by atoms with E-state index in [-0.39, 0.29) is 0 Å². The topological polar surface area (TPSA) is 23.5 Å². The number of aliphatic hydroxyl groups is 1. The van der Waals surface area contributed by atoms with Crippen LogP contribution in [-0.2, 0) is 0 Å². The first-order chi connectivity index (χ1) is 11.7. The largest absolute Gasteiger partial charge is 0.387 e. The van der Waals surface area contributed by atoms with E-state index in [2.05, 4.69) is 67.3 Å². The molecule has 1 N–H and O–H groups in total. The molecule has 0 aromatic heterocycles. The van der Waals surface area contributed by atoms with Crippen LogP contribution in [0.25, 0.3) is 11.1 Å². The second kappa shape index (κ2) is 10.3. The maximum Gasteiger partial charge on any atom is 0.0916 e. The molecule has 0 radical (unpaired) electrons. The van der Waals surface area contributed by atoms with Gasteiger partial charge < -0.3 is 10.0 Å². The Hall–Kier alpha value is -1.64. The first-order valence-corrected chi connectivity index (χ1v) is 9.30. The summed E-state index contributed by atoms with van der Waals surface area (Å²) in [7, 11) is 0. The Morgan fingerprint density at radius 2 is 1.33 bits per heavy atom. The minimum atomic E-state index is -0.413. The fraction of sp³-hybridized carbons (Fsp3) is 0.455. The van der Waals surface area contributed by atoms with Crippen LogP contribution in [0.2, 0.25) is 0 Å². The molecule has 130 valence electrons. The molecule has 0 heterocycles. The zero-order valence-electron chi connectivity index (χ0n) is 15.1. The summed E-state index contributed by atoms with van der Waals surface area (Å²) in [6.07, 6.45) is 4.38. The summed E-state index contributed by atoms with van der Waals surface area (Å²) in [5.74, 6) is 0. The third kappa shape index (κ3) is 5.77. The van der Waals surface area contributed by atoms with E-state index >= 15 is 0 Å². The molecule has 1 atom stereocenters. The molecule has 0 saturated heterocycles. The lowest BCUT2D eigenvalue weighted by atomic mass is 10.0. The fourth-order valence-electron chi connectivity index (χ4n) is 2.94. The van der Waals surface area contributed by atoms with E-state index in [9.17, 15) is 5.11 Å². The lowest BCUT2D eigenvalue weighted by molar-refractivity contribution is 0.111. The third-order valence-corrected chi connectivity index (χ3v) is 4.49. The van der Waals surface area contributed by atoms with Gasteiger partial charge >= 0.3 is 0 Å². The van der Waals surface area contributed by atoms with Crippen LogP contribution in [0.1, 0.15) is 51.2 Å². The maximum absolute atomic E-state index is 10.6. The van der Waals surface area contributed by atoms with Gasteiger partial charge in [-0.05, 0) is 42.6 Å². The molecule has 24 heavy (non-hydrogen) atoms. The number of hydrogen-bond donors (Lipinski definition) is 1. The van der Waals surface area contributed by atoms with Gasteiger partial charge in [0.25, 0.3) is 0 Å². The van der Waals surface area contributed by atoms with Crippen molar-refractivity contribution in [2.45, 2.75) is 45.6 Å². The smallest absolute Gasteiger partial charge is 0.0916 e. The van der Waals surface area contributed by atoms with E-state index in [1.807, 2.05) is 6.07 Å². The van der Waals surface area contributed by atoms with Gasteiger partial charge in [0, 0.05) is 6.54 Å². The Balaban J connectivity index is 1.98. The summed E-state index contributed by atoms with van der Waals surface area (Å²) in [5.41, 5.74) is 3.42. The van der Waals surface area contributed by atoms with Crippen molar-refractivity contribution in [3.8, 4) is 11.1 Å². The lowest BCUT2D eigenvalue weighted by Crippen LogP contribution is -2.30. The van der Waals surface area contributed by atoms with Gasteiger partial charge in [0.05, 0.1) is 6.10 Å². The van der Waals surface area contributed by atoms with Crippen LogP contribution in [0.5, 0.6) is 0 Å². The number of rotatable bonds is 10. The van der Waals surface area contributed by atoms with Gasteiger partial charge in [0.2, 0.25) is 0 Å². The van der Waals surface area contributed by atoms with E-state index < -0.39 is 6.10 Å². The molecule has 2 aromatic carbocycles. The second-order valence-corrected chi connectivity index (χ2v) is 6.51. The first kappa shape index (κ1) is 18.7. The maximum atomic E-state index is 10.6. The summed E-state index contributed by atoms with van der Waals surface area (Å²) in [4.78, 5) is 2.41. The minimum Gasteiger partial charge on any atom is -0.387 e. The zero-order chi connectivity index (χ0) is 17.2. The standard InChI is InChI=1S/C22H31NO/c1-3-5-16-23(17-6-4-2)18-22(24)21-14-12-20(13-15-21)19-10-8-7-9-11-19/h7-15,22,24H,3-6,16-18H2,1-2H3. The lowest BCUT2D eigenvalue weighted by Gasteiger charge is -2.25. The number of hydrogen-bond acceptors (Lipinski definition) is 2. The normalized spacial score (nSPS) is 12.5. The van der Waals surface area contributed by atoms with Crippen molar-refractivity contribution in [3.63, 3.8) is 0 Å². The molecule has 0 aliphatic heterocycles. The second-order valence-electron chi connectivity index (χ2n) is 6.51.